The predicted octanol–water partition coefficient (Wildman–Crippen LogP) is 2.72. The normalized spacial score (nSPS) is 16.3. The van der Waals surface area contributed by atoms with Crippen molar-refractivity contribution >= 4 is 11.9 Å². The number of amides is 1. The third kappa shape index (κ3) is 4.73. The Kier molecular flexibility index (Phi) is 6.64. The first-order valence-electron chi connectivity index (χ1n) is 8.98. The molecule has 1 fully saturated rings. The Labute approximate surface area is 145 Å². The molecular weight excluding hydrogens is 300 g/mol. The van der Waals surface area contributed by atoms with Crippen LogP contribution in [0.5, 0.6) is 0 Å². The van der Waals surface area contributed by atoms with Crippen LogP contribution in [0.3, 0.4) is 0 Å². The highest BCUT2D eigenvalue weighted by atomic mass is 16.2. The number of aliphatic imine (C=N–C) groups is 1. The lowest BCUT2D eigenvalue weighted by Gasteiger charge is -2.31. The molecule has 1 aliphatic heterocycles. The average Bonchev–Trinajstić information content (AvgIpc) is 2.61. The molecule has 0 unspecified atom stereocenters. The lowest BCUT2D eigenvalue weighted by Crippen LogP contribution is -2.42. The van der Waals surface area contributed by atoms with Gasteiger partial charge in [-0.25, -0.2) is 4.99 Å². The van der Waals surface area contributed by atoms with Crippen LogP contribution >= 0.6 is 0 Å². The minimum atomic E-state index is 0.0806. The molecular formula is C19H30N4O. The second-order valence-electron chi connectivity index (χ2n) is 6.52. The molecule has 1 amide bonds. The van der Waals surface area contributed by atoms with E-state index >= 15 is 0 Å². The predicted molar refractivity (Wildman–Crippen MR) is 99.0 cm³/mol. The van der Waals surface area contributed by atoms with Crippen molar-refractivity contribution in [2.24, 2.45) is 16.6 Å². The van der Waals surface area contributed by atoms with E-state index in [-0.39, 0.29) is 5.91 Å². The maximum Gasteiger partial charge on any atom is 0.253 e. The lowest BCUT2D eigenvalue weighted by molar-refractivity contribution is 0.0773. The summed E-state index contributed by atoms with van der Waals surface area (Å²) in [6.07, 6.45) is 2.36. The van der Waals surface area contributed by atoms with Crippen molar-refractivity contribution in [3.8, 4) is 0 Å². The third-order valence-electron chi connectivity index (χ3n) is 4.78. The topological polar surface area (TPSA) is 61.9 Å². The summed E-state index contributed by atoms with van der Waals surface area (Å²) >= 11 is 0. The van der Waals surface area contributed by atoms with Crippen LogP contribution in [0.15, 0.2) is 29.3 Å². The number of carbonyl (C=O) groups excluding carboxylic acids is 1. The van der Waals surface area contributed by atoms with E-state index in [4.69, 9.17) is 5.73 Å². The van der Waals surface area contributed by atoms with Crippen LogP contribution in [0.1, 0.15) is 49.5 Å². The molecule has 0 spiro atoms. The minimum absolute atomic E-state index is 0.0806. The summed E-state index contributed by atoms with van der Waals surface area (Å²) in [6.45, 7) is 10.3. The van der Waals surface area contributed by atoms with E-state index in [2.05, 4.69) is 16.8 Å². The number of carbonyl (C=O) groups is 1. The molecule has 24 heavy (non-hydrogen) atoms. The van der Waals surface area contributed by atoms with E-state index in [9.17, 15) is 4.79 Å². The Hall–Kier alpha value is -2.04. The van der Waals surface area contributed by atoms with Gasteiger partial charge in [0.25, 0.3) is 5.91 Å². The van der Waals surface area contributed by atoms with Crippen LogP contribution in [0.25, 0.3) is 0 Å². The molecule has 0 aromatic heterocycles. The molecule has 1 aliphatic rings. The SMILES string of the molecule is CCN(CC)C(=O)c1ccc(CN=C(N)N2CCC(C)CC2)cc1. The fraction of sp³-hybridized carbons (Fsp3) is 0.579. The van der Waals surface area contributed by atoms with Crippen molar-refractivity contribution in [2.75, 3.05) is 26.2 Å². The number of hydrogen-bond acceptors (Lipinski definition) is 2. The van der Waals surface area contributed by atoms with E-state index < -0.39 is 0 Å². The van der Waals surface area contributed by atoms with E-state index in [1.54, 1.807) is 0 Å². The fourth-order valence-electron chi connectivity index (χ4n) is 2.96. The second-order valence-corrected chi connectivity index (χ2v) is 6.52. The number of rotatable bonds is 5. The zero-order chi connectivity index (χ0) is 17.5. The number of hydrogen-bond donors (Lipinski definition) is 1. The molecule has 1 aromatic rings. The van der Waals surface area contributed by atoms with Gasteiger partial charge in [0.2, 0.25) is 0 Å². The number of piperidine rings is 1. The molecule has 2 rings (SSSR count). The number of likely N-dealkylation sites (tertiary alicyclic amines) is 1. The van der Waals surface area contributed by atoms with Crippen LogP contribution in [-0.4, -0.2) is 47.8 Å². The van der Waals surface area contributed by atoms with E-state index in [1.807, 2.05) is 43.0 Å². The van der Waals surface area contributed by atoms with Gasteiger partial charge in [0, 0.05) is 31.7 Å². The van der Waals surface area contributed by atoms with E-state index in [1.165, 1.54) is 12.8 Å². The quantitative estimate of drug-likeness (QED) is 0.667. The van der Waals surface area contributed by atoms with Gasteiger partial charge in [-0.15, -0.1) is 0 Å². The molecule has 0 radical (unpaired) electrons. The summed E-state index contributed by atoms with van der Waals surface area (Å²) in [5.74, 6) is 1.49. The Morgan fingerprint density at radius 1 is 1.21 bits per heavy atom. The summed E-state index contributed by atoms with van der Waals surface area (Å²) in [5, 5.41) is 0. The molecule has 0 bridgehead atoms. The third-order valence-corrected chi connectivity index (χ3v) is 4.78. The number of benzene rings is 1. The first kappa shape index (κ1) is 18.3. The summed E-state index contributed by atoms with van der Waals surface area (Å²) in [7, 11) is 0. The first-order chi connectivity index (χ1) is 11.5. The minimum Gasteiger partial charge on any atom is -0.370 e. The van der Waals surface area contributed by atoms with Crippen molar-refractivity contribution < 1.29 is 4.79 Å². The molecule has 0 aliphatic carbocycles. The van der Waals surface area contributed by atoms with Gasteiger partial charge in [0.15, 0.2) is 5.96 Å². The van der Waals surface area contributed by atoms with E-state index in [0.717, 1.165) is 43.2 Å². The summed E-state index contributed by atoms with van der Waals surface area (Å²) in [5.41, 5.74) is 7.91. The lowest BCUT2D eigenvalue weighted by atomic mass is 10.00. The number of nitrogens with zero attached hydrogens (tertiary/aromatic N) is 3. The van der Waals surface area contributed by atoms with Gasteiger partial charge in [0.05, 0.1) is 6.54 Å². The standard InChI is InChI=1S/C19H30N4O/c1-4-22(5-2)18(24)17-8-6-16(7-9-17)14-21-19(20)23-12-10-15(3)11-13-23/h6-9,15H,4-5,10-14H2,1-3H3,(H2,20,21). The zero-order valence-corrected chi connectivity index (χ0v) is 15.2. The molecule has 0 saturated carbocycles. The Bertz CT molecular complexity index is 555. The largest absolute Gasteiger partial charge is 0.370 e. The van der Waals surface area contributed by atoms with Crippen molar-refractivity contribution in [3.63, 3.8) is 0 Å². The van der Waals surface area contributed by atoms with Crippen LogP contribution in [0.2, 0.25) is 0 Å². The number of nitrogens with two attached hydrogens (primary N) is 1. The molecule has 2 N–H and O–H groups in total. The average molecular weight is 330 g/mol. The highest BCUT2D eigenvalue weighted by molar-refractivity contribution is 5.94. The van der Waals surface area contributed by atoms with Gasteiger partial charge >= 0.3 is 0 Å². The maximum absolute atomic E-state index is 12.3. The Morgan fingerprint density at radius 3 is 2.33 bits per heavy atom. The molecule has 1 aromatic carbocycles. The highest BCUT2D eigenvalue weighted by Gasteiger charge is 2.17. The van der Waals surface area contributed by atoms with Crippen molar-refractivity contribution in [2.45, 2.75) is 40.2 Å². The van der Waals surface area contributed by atoms with Gasteiger partial charge in [-0.05, 0) is 50.3 Å². The van der Waals surface area contributed by atoms with Crippen LogP contribution in [0.4, 0.5) is 0 Å². The summed E-state index contributed by atoms with van der Waals surface area (Å²) in [4.78, 5) is 20.8. The molecule has 132 valence electrons. The molecule has 1 heterocycles. The first-order valence-corrected chi connectivity index (χ1v) is 8.98. The maximum atomic E-state index is 12.3. The van der Waals surface area contributed by atoms with Gasteiger partial charge in [-0.2, -0.15) is 0 Å². The molecule has 5 nitrogen and oxygen atoms in total. The molecule has 0 atom stereocenters. The van der Waals surface area contributed by atoms with Gasteiger partial charge in [-0.3, -0.25) is 4.79 Å². The highest BCUT2D eigenvalue weighted by Crippen LogP contribution is 2.16. The van der Waals surface area contributed by atoms with Crippen LogP contribution in [-0.2, 0) is 6.54 Å². The molecule has 1 saturated heterocycles. The van der Waals surface area contributed by atoms with Gasteiger partial charge < -0.3 is 15.5 Å². The molecule has 5 heteroatoms. The van der Waals surface area contributed by atoms with Crippen molar-refractivity contribution in [3.05, 3.63) is 35.4 Å². The van der Waals surface area contributed by atoms with E-state index in [0.29, 0.717) is 12.5 Å². The van der Waals surface area contributed by atoms with Crippen molar-refractivity contribution in [1.29, 1.82) is 0 Å². The number of guanidine groups is 1. The smallest absolute Gasteiger partial charge is 0.253 e. The van der Waals surface area contributed by atoms with Gasteiger partial charge in [0.1, 0.15) is 0 Å². The second kappa shape index (κ2) is 8.71. The fourth-order valence-corrected chi connectivity index (χ4v) is 2.96. The van der Waals surface area contributed by atoms with Crippen LogP contribution < -0.4 is 5.73 Å². The van der Waals surface area contributed by atoms with Crippen molar-refractivity contribution in [1.82, 2.24) is 9.80 Å². The monoisotopic (exact) mass is 330 g/mol. The Morgan fingerprint density at radius 2 is 1.79 bits per heavy atom. The van der Waals surface area contributed by atoms with Crippen LogP contribution in [0, 0.1) is 5.92 Å². The Balaban J connectivity index is 1.94. The zero-order valence-electron chi connectivity index (χ0n) is 15.2. The van der Waals surface area contributed by atoms with Gasteiger partial charge in [-0.1, -0.05) is 19.1 Å². The summed E-state index contributed by atoms with van der Waals surface area (Å²) in [6, 6.07) is 7.69. The summed E-state index contributed by atoms with van der Waals surface area (Å²) < 4.78 is 0.